The monoisotopic (exact) mass is 404 g/mol. The van der Waals surface area contributed by atoms with Crippen molar-refractivity contribution in [3.63, 3.8) is 0 Å². The summed E-state index contributed by atoms with van der Waals surface area (Å²) in [6.45, 7) is -0.484. The molecule has 0 aliphatic carbocycles. The largest absolute Gasteiger partial charge is 0.496 e. The van der Waals surface area contributed by atoms with Crippen molar-refractivity contribution < 1.29 is 19.2 Å². The van der Waals surface area contributed by atoms with Crippen molar-refractivity contribution in [2.75, 3.05) is 19.0 Å². The van der Waals surface area contributed by atoms with Gasteiger partial charge in [-0.15, -0.1) is 0 Å². The molecular formula is C15H11Cl3N2O5. The number of rotatable bonds is 6. The van der Waals surface area contributed by atoms with Gasteiger partial charge in [-0.25, -0.2) is 0 Å². The van der Waals surface area contributed by atoms with E-state index in [0.717, 1.165) is 0 Å². The van der Waals surface area contributed by atoms with Gasteiger partial charge in [0, 0.05) is 5.02 Å². The van der Waals surface area contributed by atoms with Gasteiger partial charge in [0.2, 0.25) is 0 Å². The van der Waals surface area contributed by atoms with Gasteiger partial charge in [0.15, 0.2) is 12.4 Å². The number of hydrogen-bond donors (Lipinski definition) is 1. The SMILES string of the molecule is COc1ccc(OCC(=O)Nc2c(Cl)cc(Cl)cc2Cl)c([N+](=O)[O-])c1. The summed E-state index contributed by atoms with van der Waals surface area (Å²) in [7, 11) is 1.38. The summed E-state index contributed by atoms with van der Waals surface area (Å²) in [5.41, 5.74) is -0.153. The first kappa shape index (κ1) is 19.1. The van der Waals surface area contributed by atoms with Crippen LogP contribution in [-0.2, 0) is 4.79 Å². The molecular weight excluding hydrogens is 395 g/mol. The topological polar surface area (TPSA) is 90.7 Å². The van der Waals surface area contributed by atoms with Crippen molar-refractivity contribution in [2.45, 2.75) is 0 Å². The van der Waals surface area contributed by atoms with Crippen molar-refractivity contribution in [1.29, 1.82) is 0 Å². The number of nitrogens with zero attached hydrogens (tertiary/aromatic N) is 1. The van der Waals surface area contributed by atoms with Gasteiger partial charge >= 0.3 is 5.69 Å². The molecule has 0 spiro atoms. The maximum absolute atomic E-state index is 12.0. The standard InChI is InChI=1S/C15H11Cl3N2O5/c1-24-9-2-3-13(12(6-9)20(22)23)25-7-14(21)19-15-10(17)4-8(16)5-11(15)18/h2-6H,7H2,1H3,(H,19,21). The average molecular weight is 406 g/mol. The minimum atomic E-state index is -0.636. The second-order valence-electron chi connectivity index (χ2n) is 4.67. The lowest BCUT2D eigenvalue weighted by Gasteiger charge is -2.11. The molecule has 0 fully saturated rings. The predicted octanol–water partition coefficient (Wildman–Crippen LogP) is 4.58. The molecule has 0 bridgehead atoms. The fraction of sp³-hybridized carbons (Fsp3) is 0.133. The average Bonchev–Trinajstić information content (AvgIpc) is 2.55. The molecule has 1 N–H and O–H groups in total. The molecule has 0 aliphatic rings. The second kappa shape index (κ2) is 8.24. The van der Waals surface area contributed by atoms with Crippen molar-refractivity contribution >= 4 is 52.1 Å². The van der Waals surface area contributed by atoms with E-state index < -0.39 is 17.4 Å². The Morgan fingerprint density at radius 2 is 1.84 bits per heavy atom. The summed E-state index contributed by atoms with van der Waals surface area (Å²) in [6.07, 6.45) is 0. The number of anilines is 1. The molecule has 7 nitrogen and oxygen atoms in total. The minimum absolute atomic E-state index is 0.0748. The number of nitro benzene ring substituents is 1. The first-order valence-electron chi connectivity index (χ1n) is 6.71. The zero-order valence-corrected chi connectivity index (χ0v) is 15.0. The van der Waals surface area contributed by atoms with Crippen LogP contribution in [0.25, 0.3) is 0 Å². The molecule has 0 atom stereocenters. The number of carbonyl (C=O) groups excluding carboxylic acids is 1. The van der Waals surface area contributed by atoms with E-state index >= 15 is 0 Å². The van der Waals surface area contributed by atoms with Crippen LogP contribution in [0.4, 0.5) is 11.4 Å². The van der Waals surface area contributed by atoms with Crippen LogP contribution in [0.15, 0.2) is 30.3 Å². The highest BCUT2D eigenvalue weighted by Gasteiger charge is 2.18. The lowest BCUT2D eigenvalue weighted by atomic mass is 10.3. The number of ether oxygens (including phenoxy) is 2. The Labute approximate surface area is 157 Å². The van der Waals surface area contributed by atoms with Gasteiger partial charge < -0.3 is 14.8 Å². The lowest BCUT2D eigenvalue weighted by Crippen LogP contribution is -2.20. The third-order valence-corrected chi connectivity index (χ3v) is 3.81. The highest BCUT2D eigenvalue weighted by Crippen LogP contribution is 2.34. The molecule has 0 aromatic heterocycles. The molecule has 2 aromatic carbocycles. The Morgan fingerprint density at radius 1 is 1.20 bits per heavy atom. The molecule has 0 saturated carbocycles. The molecule has 1 amide bonds. The normalized spacial score (nSPS) is 10.2. The van der Waals surface area contributed by atoms with E-state index in [4.69, 9.17) is 44.3 Å². The summed E-state index contributed by atoms with van der Waals surface area (Å²) in [5, 5.41) is 14.2. The Hall–Kier alpha value is -2.22. The molecule has 10 heteroatoms. The fourth-order valence-corrected chi connectivity index (χ4v) is 2.78. The summed E-state index contributed by atoms with van der Waals surface area (Å²) in [4.78, 5) is 22.4. The second-order valence-corrected chi connectivity index (χ2v) is 5.92. The highest BCUT2D eigenvalue weighted by molar-refractivity contribution is 6.42. The number of nitrogens with one attached hydrogen (secondary N) is 1. The molecule has 0 unspecified atom stereocenters. The molecule has 25 heavy (non-hydrogen) atoms. The van der Waals surface area contributed by atoms with Gasteiger partial charge in [-0.1, -0.05) is 34.8 Å². The quantitative estimate of drug-likeness (QED) is 0.561. The van der Waals surface area contributed by atoms with E-state index in [2.05, 4.69) is 5.32 Å². The van der Waals surface area contributed by atoms with Crippen LogP contribution in [-0.4, -0.2) is 24.5 Å². The molecule has 0 radical (unpaired) electrons. The Bertz CT molecular complexity index is 806. The van der Waals surface area contributed by atoms with Gasteiger partial charge in [0.25, 0.3) is 5.91 Å². The smallest absolute Gasteiger partial charge is 0.314 e. The summed E-state index contributed by atoms with van der Waals surface area (Å²) in [5.74, 6) is -0.381. The lowest BCUT2D eigenvalue weighted by molar-refractivity contribution is -0.385. The number of methoxy groups -OCH3 is 1. The van der Waals surface area contributed by atoms with E-state index in [0.29, 0.717) is 10.8 Å². The van der Waals surface area contributed by atoms with E-state index in [1.54, 1.807) is 0 Å². The van der Waals surface area contributed by atoms with Gasteiger partial charge in [-0.2, -0.15) is 0 Å². The van der Waals surface area contributed by atoms with Crippen molar-refractivity contribution in [3.8, 4) is 11.5 Å². The molecule has 2 rings (SSSR count). The van der Waals surface area contributed by atoms with Crippen molar-refractivity contribution in [1.82, 2.24) is 0 Å². The summed E-state index contributed by atoms with van der Waals surface area (Å²) in [6, 6.07) is 6.85. The third-order valence-electron chi connectivity index (χ3n) is 2.99. The summed E-state index contributed by atoms with van der Waals surface area (Å²) >= 11 is 17.7. The zero-order valence-electron chi connectivity index (χ0n) is 12.7. The maximum atomic E-state index is 12.0. The van der Waals surface area contributed by atoms with E-state index in [1.807, 2.05) is 0 Å². The van der Waals surface area contributed by atoms with E-state index in [-0.39, 0.29) is 27.2 Å². The highest BCUT2D eigenvalue weighted by atomic mass is 35.5. The predicted molar refractivity (Wildman–Crippen MR) is 95.2 cm³/mol. The first-order valence-corrected chi connectivity index (χ1v) is 7.85. The van der Waals surface area contributed by atoms with Crippen molar-refractivity contribution in [3.05, 3.63) is 55.5 Å². The van der Waals surface area contributed by atoms with E-state index in [1.165, 1.54) is 37.4 Å². The molecule has 2 aromatic rings. The fourth-order valence-electron chi connectivity index (χ4n) is 1.87. The van der Waals surface area contributed by atoms with Crippen molar-refractivity contribution in [2.24, 2.45) is 0 Å². The van der Waals surface area contributed by atoms with Crippen LogP contribution in [0, 0.1) is 10.1 Å². The van der Waals surface area contributed by atoms with E-state index in [9.17, 15) is 14.9 Å². The molecule has 0 saturated heterocycles. The van der Waals surface area contributed by atoms with Gasteiger partial charge in [-0.05, 0) is 24.3 Å². The van der Waals surface area contributed by atoms with Gasteiger partial charge in [-0.3, -0.25) is 14.9 Å². The maximum Gasteiger partial charge on any atom is 0.314 e. The number of halogens is 3. The first-order chi connectivity index (χ1) is 11.8. The Morgan fingerprint density at radius 3 is 2.40 bits per heavy atom. The van der Waals surface area contributed by atoms with Gasteiger partial charge in [0.1, 0.15) is 5.75 Å². The zero-order chi connectivity index (χ0) is 18.6. The van der Waals surface area contributed by atoms with Crippen LogP contribution in [0.5, 0.6) is 11.5 Å². The van der Waals surface area contributed by atoms with Crippen LogP contribution in [0.3, 0.4) is 0 Å². The number of hydrogen-bond acceptors (Lipinski definition) is 5. The van der Waals surface area contributed by atoms with Crippen LogP contribution >= 0.6 is 34.8 Å². The number of amides is 1. The number of benzene rings is 2. The Kier molecular flexibility index (Phi) is 6.30. The summed E-state index contributed by atoms with van der Waals surface area (Å²) < 4.78 is 10.1. The number of nitro groups is 1. The van der Waals surface area contributed by atoms with Crippen LogP contribution in [0.1, 0.15) is 0 Å². The Balaban J connectivity index is 2.09. The van der Waals surface area contributed by atoms with Crippen LogP contribution < -0.4 is 14.8 Å². The number of carbonyl (C=O) groups is 1. The molecule has 132 valence electrons. The molecule has 0 aliphatic heterocycles. The van der Waals surface area contributed by atoms with Gasteiger partial charge in [0.05, 0.1) is 33.8 Å². The molecule has 0 heterocycles. The third kappa shape index (κ3) is 4.88. The van der Waals surface area contributed by atoms with Crippen LogP contribution in [0.2, 0.25) is 15.1 Å². The minimum Gasteiger partial charge on any atom is -0.496 e.